The van der Waals surface area contributed by atoms with E-state index in [0.717, 1.165) is 10.0 Å². The third-order valence-electron chi connectivity index (χ3n) is 4.63. The van der Waals surface area contributed by atoms with Gasteiger partial charge in [-0.2, -0.15) is 5.10 Å². The van der Waals surface area contributed by atoms with Crippen molar-refractivity contribution < 1.29 is 19.2 Å². The zero-order valence-electron chi connectivity index (χ0n) is 16.6. The maximum absolute atomic E-state index is 13.0. The van der Waals surface area contributed by atoms with E-state index in [0.29, 0.717) is 17.8 Å². The van der Waals surface area contributed by atoms with Gasteiger partial charge in [-0.15, -0.1) is 0 Å². The van der Waals surface area contributed by atoms with Crippen molar-refractivity contribution in [3.8, 4) is 5.69 Å². The summed E-state index contributed by atoms with van der Waals surface area (Å²) in [5.74, 6) is -0.787. The molecule has 2 heterocycles. The van der Waals surface area contributed by atoms with Crippen LogP contribution in [-0.4, -0.2) is 40.1 Å². The lowest BCUT2D eigenvalue weighted by molar-refractivity contribution is -0.125. The molecule has 31 heavy (non-hydrogen) atoms. The fourth-order valence-electron chi connectivity index (χ4n) is 3.15. The van der Waals surface area contributed by atoms with Crippen molar-refractivity contribution >= 4 is 39.3 Å². The first-order chi connectivity index (χ1) is 15.1. The summed E-state index contributed by atoms with van der Waals surface area (Å²) in [7, 11) is 0. The molecule has 0 saturated heterocycles. The van der Waals surface area contributed by atoms with Gasteiger partial charge in [0, 0.05) is 16.5 Å². The smallest absolute Gasteiger partial charge is 0.343 e. The van der Waals surface area contributed by atoms with E-state index in [1.807, 2.05) is 54.6 Å². The summed E-state index contributed by atoms with van der Waals surface area (Å²) in [5.41, 5.74) is 2.38. The highest BCUT2D eigenvalue weighted by Crippen LogP contribution is 2.24. The van der Waals surface area contributed by atoms with E-state index >= 15 is 0 Å². The van der Waals surface area contributed by atoms with Gasteiger partial charge in [0.1, 0.15) is 5.56 Å². The summed E-state index contributed by atoms with van der Waals surface area (Å²) in [5, 5.41) is 11.1. The lowest BCUT2D eigenvalue weighted by Crippen LogP contribution is -2.29. The van der Waals surface area contributed by atoms with Crippen LogP contribution in [0.1, 0.15) is 29.3 Å². The molecule has 1 aromatic heterocycles. The summed E-state index contributed by atoms with van der Waals surface area (Å²) < 4.78 is 7.50. The molecule has 1 aliphatic rings. The summed E-state index contributed by atoms with van der Waals surface area (Å²) in [6.07, 6.45) is 0.846. The molecule has 0 bridgehead atoms. The van der Waals surface area contributed by atoms with E-state index in [9.17, 15) is 9.59 Å². The van der Waals surface area contributed by atoms with Crippen molar-refractivity contribution in [1.29, 1.82) is 0 Å². The zero-order valence-corrected chi connectivity index (χ0v) is 18.2. The van der Waals surface area contributed by atoms with E-state index < -0.39 is 18.0 Å². The lowest BCUT2D eigenvalue weighted by atomic mass is 10.0. The highest BCUT2D eigenvalue weighted by Gasteiger charge is 2.31. The first kappa shape index (κ1) is 20.8. The Morgan fingerprint density at radius 1 is 1.23 bits per heavy atom. The van der Waals surface area contributed by atoms with Crippen molar-refractivity contribution in [1.82, 2.24) is 9.78 Å². The molecular weight excluding hydrogens is 464 g/mol. The molecule has 0 aliphatic carbocycles. The number of anilines is 1. The zero-order chi connectivity index (χ0) is 21.8. The Kier molecular flexibility index (Phi) is 6.13. The molecule has 1 unspecified atom stereocenters. The predicted octanol–water partition coefficient (Wildman–Crippen LogP) is 3.94. The molecule has 1 aliphatic heterocycles. The minimum atomic E-state index is -0.830. The molecule has 0 fully saturated rings. The molecule has 9 heteroatoms. The van der Waals surface area contributed by atoms with E-state index in [1.54, 1.807) is 6.92 Å². The Hall–Kier alpha value is -3.46. The molecule has 4 rings (SSSR count). The average Bonchev–Trinajstić information content (AvgIpc) is 3.42. The number of amides is 1. The van der Waals surface area contributed by atoms with Crippen molar-refractivity contribution in [2.45, 2.75) is 19.4 Å². The van der Waals surface area contributed by atoms with Crippen LogP contribution in [0.25, 0.3) is 5.69 Å². The van der Waals surface area contributed by atoms with Crippen LogP contribution in [0.4, 0.5) is 5.82 Å². The number of esters is 1. The number of benzene rings is 2. The third-order valence-corrected chi connectivity index (χ3v) is 5.12. The fraction of sp³-hybridized carbons (Fsp3) is 0.182. The molecule has 3 aromatic rings. The minimum absolute atomic E-state index is 0.158. The number of rotatable bonds is 6. The van der Waals surface area contributed by atoms with Gasteiger partial charge in [-0.05, 0) is 31.2 Å². The van der Waals surface area contributed by atoms with Crippen molar-refractivity contribution in [2.75, 3.05) is 11.9 Å². The fourth-order valence-corrected chi connectivity index (χ4v) is 3.54. The van der Waals surface area contributed by atoms with Crippen LogP contribution in [0.5, 0.6) is 0 Å². The number of carbonyl (C=O) groups is 2. The SMILES string of the molecule is CCOC(=O)c1cnn(-c2ccccc2)c1NC(=O)C1CC(c2cccc(Br)c2)=NO1. The summed E-state index contributed by atoms with van der Waals surface area (Å²) in [6.45, 7) is 1.92. The van der Waals surface area contributed by atoms with Crippen LogP contribution in [0.3, 0.4) is 0 Å². The molecule has 2 aromatic carbocycles. The van der Waals surface area contributed by atoms with Crippen molar-refractivity contribution in [3.63, 3.8) is 0 Å². The van der Waals surface area contributed by atoms with Gasteiger partial charge in [0.05, 0.1) is 24.2 Å². The van der Waals surface area contributed by atoms with Gasteiger partial charge in [0.15, 0.2) is 5.82 Å². The number of halogens is 1. The lowest BCUT2D eigenvalue weighted by Gasteiger charge is -2.13. The Morgan fingerprint density at radius 3 is 2.77 bits per heavy atom. The van der Waals surface area contributed by atoms with Gasteiger partial charge in [0.2, 0.25) is 6.10 Å². The van der Waals surface area contributed by atoms with Gasteiger partial charge in [-0.1, -0.05) is 51.4 Å². The second-order valence-electron chi connectivity index (χ2n) is 6.71. The van der Waals surface area contributed by atoms with Crippen LogP contribution >= 0.6 is 15.9 Å². The number of aromatic nitrogens is 2. The van der Waals surface area contributed by atoms with Gasteiger partial charge >= 0.3 is 5.97 Å². The molecule has 1 atom stereocenters. The van der Waals surface area contributed by atoms with E-state index in [4.69, 9.17) is 9.57 Å². The second kappa shape index (κ2) is 9.13. The Morgan fingerprint density at radius 2 is 2.03 bits per heavy atom. The molecule has 158 valence electrons. The van der Waals surface area contributed by atoms with Gasteiger partial charge < -0.3 is 14.9 Å². The van der Waals surface area contributed by atoms with Crippen LogP contribution in [0, 0.1) is 0 Å². The Bertz CT molecular complexity index is 1140. The summed E-state index contributed by atoms with van der Waals surface area (Å²) >= 11 is 3.43. The van der Waals surface area contributed by atoms with E-state index in [-0.39, 0.29) is 18.0 Å². The van der Waals surface area contributed by atoms with Crippen LogP contribution < -0.4 is 5.32 Å². The number of oxime groups is 1. The Labute approximate surface area is 187 Å². The quantitative estimate of drug-likeness (QED) is 0.536. The molecule has 0 spiro atoms. The van der Waals surface area contributed by atoms with Crippen LogP contribution in [-0.2, 0) is 14.4 Å². The first-order valence-corrected chi connectivity index (χ1v) is 10.5. The second-order valence-corrected chi connectivity index (χ2v) is 7.63. The molecule has 1 N–H and O–H groups in total. The molecule has 8 nitrogen and oxygen atoms in total. The molecule has 0 radical (unpaired) electrons. The number of ether oxygens (including phenoxy) is 1. The number of para-hydroxylation sites is 1. The van der Waals surface area contributed by atoms with E-state index in [2.05, 4.69) is 31.5 Å². The topological polar surface area (TPSA) is 94.8 Å². The maximum Gasteiger partial charge on any atom is 0.343 e. The molecule has 1 amide bonds. The molecular formula is C22H19BrN4O4. The number of nitrogens with zero attached hydrogens (tertiary/aromatic N) is 3. The van der Waals surface area contributed by atoms with E-state index in [1.165, 1.54) is 10.9 Å². The maximum atomic E-state index is 13.0. The van der Waals surface area contributed by atoms with Crippen molar-refractivity contribution in [2.24, 2.45) is 5.16 Å². The first-order valence-electron chi connectivity index (χ1n) is 9.67. The number of nitrogens with one attached hydrogen (secondary N) is 1. The number of hydrogen-bond donors (Lipinski definition) is 1. The van der Waals surface area contributed by atoms with Gasteiger partial charge in [0.25, 0.3) is 5.91 Å². The molecule has 0 saturated carbocycles. The summed E-state index contributed by atoms with van der Waals surface area (Å²) in [4.78, 5) is 30.7. The normalized spacial score (nSPS) is 15.2. The standard InChI is InChI=1S/C22H19BrN4O4/c1-2-30-22(29)17-13-24-27(16-9-4-3-5-10-16)20(17)25-21(28)19-12-18(26-31-19)14-7-6-8-15(23)11-14/h3-11,13,19H,2,12H2,1H3,(H,25,28). The van der Waals surface area contributed by atoms with Gasteiger partial charge in [-0.25, -0.2) is 9.48 Å². The van der Waals surface area contributed by atoms with Gasteiger partial charge in [-0.3, -0.25) is 4.79 Å². The predicted molar refractivity (Wildman–Crippen MR) is 118 cm³/mol. The summed E-state index contributed by atoms with van der Waals surface area (Å²) in [6, 6.07) is 16.8. The number of hydrogen-bond acceptors (Lipinski definition) is 6. The highest BCUT2D eigenvalue weighted by atomic mass is 79.9. The number of carbonyl (C=O) groups excluding carboxylic acids is 2. The van der Waals surface area contributed by atoms with Crippen LogP contribution in [0.2, 0.25) is 0 Å². The average molecular weight is 483 g/mol. The highest BCUT2D eigenvalue weighted by molar-refractivity contribution is 9.10. The largest absolute Gasteiger partial charge is 0.462 e. The monoisotopic (exact) mass is 482 g/mol. The third kappa shape index (κ3) is 4.51. The van der Waals surface area contributed by atoms with Crippen LogP contribution in [0.15, 0.2) is 70.4 Å². The van der Waals surface area contributed by atoms with Crippen molar-refractivity contribution in [3.05, 3.63) is 76.4 Å². The minimum Gasteiger partial charge on any atom is -0.462 e. The Balaban J connectivity index is 1.56.